The maximum atomic E-state index is 10.5. The van der Waals surface area contributed by atoms with Crippen LogP contribution in [-0.4, -0.2) is 27.2 Å². The highest BCUT2D eigenvalue weighted by molar-refractivity contribution is 5.43. The van der Waals surface area contributed by atoms with Gasteiger partial charge in [0.2, 0.25) is 0 Å². The number of aliphatic hydroxyl groups is 1. The van der Waals surface area contributed by atoms with Crippen LogP contribution in [0.3, 0.4) is 0 Å². The Morgan fingerprint density at radius 2 is 2.00 bits per heavy atom. The van der Waals surface area contributed by atoms with E-state index in [0.29, 0.717) is 17.6 Å². The lowest BCUT2D eigenvalue weighted by Crippen LogP contribution is -2.42. The molecular weight excluding hydrogens is 258 g/mol. The highest BCUT2D eigenvalue weighted by Gasteiger charge is 2.36. The number of rotatable bonds is 4. The molecule has 2 N–H and O–H groups in total. The van der Waals surface area contributed by atoms with Gasteiger partial charge in [-0.05, 0) is 47.1 Å². The third kappa shape index (κ3) is 3.66. The second kappa shape index (κ2) is 5.36. The molecule has 0 radical (unpaired) electrons. The van der Waals surface area contributed by atoms with Gasteiger partial charge in [0.05, 0.1) is 11.3 Å². The lowest BCUT2D eigenvalue weighted by molar-refractivity contribution is -0.389. The third-order valence-corrected chi connectivity index (χ3v) is 4.09. The third-order valence-electron chi connectivity index (χ3n) is 4.09. The number of nitrogens with one attached hydrogen (secondary N) is 1. The number of nitro groups is 1. The summed E-state index contributed by atoms with van der Waals surface area (Å²) in [7, 11) is 0. The van der Waals surface area contributed by atoms with Crippen molar-refractivity contribution in [3.05, 3.63) is 28.4 Å². The van der Waals surface area contributed by atoms with E-state index in [1.54, 1.807) is 6.07 Å². The summed E-state index contributed by atoms with van der Waals surface area (Å²) in [5.74, 6) is -0.173. The highest BCUT2D eigenvalue weighted by atomic mass is 16.6. The van der Waals surface area contributed by atoms with Gasteiger partial charge in [0.25, 0.3) is 0 Å². The minimum Gasteiger partial charge on any atom is -0.388 e. The van der Waals surface area contributed by atoms with Gasteiger partial charge in [0.1, 0.15) is 0 Å². The Morgan fingerprint density at radius 3 is 2.50 bits per heavy atom. The molecule has 0 spiro atoms. The van der Waals surface area contributed by atoms with Crippen LogP contribution in [0.5, 0.6) is 0 Å². The van der Waals surface area contributed by atoms with Gasteiger partial charge < -0.3 is 20.5 Å². The molecule has 6 heteroatoms. The molecule has 0 saturated heterocycles. The average Bonchev–Trinajstić information content (AvgIpc) is 2.41. The summed E-state index contributed by atoms with van der Waals surface area (Å²) >= 11 is 0. The van der Waals surface area contributed by atoms with Crippen molar-refractivity contribution < 1.29 is 10.0 Å². The summed E-state index contributed by atoms with van der Waals surface area (Å²) in [6.45, 7) is 4.89. The summed E-state index contributed by atoms with van der Waals surface area (Å²) in [6.07, 6.45) is 4.97. The van der Waals surface area contributed by atoms with Gasteiger partial charge in [-0.25, -0.2) is 0 Å². The van der Waals surface area contributed by atoms with Gasteiger partial charge in [-0.15, -0.1) is 0 Å². The Balaban J connectivity index is 1.90. The first kappa shape index (κ1) is 14.7. The first-order valence-corrected chi connectivity index (χ1v) is 6.86. The van der Waals surface area contributed by atoms with Crippen LogP contribution in [0.15, 0.2) is 18.3 Å². The number of pyridine rings is 1. The van der Waals surface area contributed by atoms with Crippen molar-refractivity contribution >= 4 is 11.5 Å². The summed E-state index contributed by atoms with van der Waals surface area (Å²) < 4.78 is 0. The van der Waals surface area contributed by atoms with E-state index in [-0.39, 0.29) is 5.82 Å². The van der Waals surface area contributed by atoms with Gasteiger partial charge in [-0.1, -0.05) is 13.8 Å². The molecule has 2 rings (SSSR count). The number of anilines is 1. The van der Waals surface area contributed by atoms with Crippen LogP contribution in [-0.2, 0) is 0 Å². The van der Waals surface area contributed by atoms with Crippen LogP contribution in [0.4, 0.5) is 11.5 Å². The molecule has 1 aromatic rings. The van der Waals surface area contributed by atoms with Crippen LogP contribution >= 0.6 is 0 Å². The van der Waals surface area contributed by atoms with Crippen LogP contribution < -0.4 is 5.32 Å². The zero-order valence-corrected chi connectivity index (χ0v) is 11.9. The van der Waals surface area contributed by atoms with E-state index in [9.17, 15) is 15.2 Å². The lowest BCUT2D eigenvalue weighted by Gasteiger charge is -2.40. The molecular formula is C14H21N3O3. The van der Waals surface area contributed by atoms with E-state index in [1.807, 2.05) is 0 Å². The topological polar surface area (TPSA) is 88.3 Å². The molecule has 0 aromatic carbocycles. The largest absolute Gasteiger partial charge is 0.388 e. The van der Waals surface area contributed by atoms with Gasteiger partial charge in [-0.3, -0.25) is 0 Å². The van der Waals surface area contributed by atoms with E-state index in [1.165, 1.54) is 12.3 Å². The van der Waals surface area contributed by atoms with Crippen LogP contribution in [0.25, 0.3) is 0 Å². The number of hydrogen-bond donors (Lipinski definition) is 2. The Morgan fingerprint density at radius 1 is 1.35 bits per heavy atom. The maximum absolute atomic E-state index is 10.5. The van der Waals surface area contributed by atoms with Crippen LogP contribution in [0, 0.1) is 15.5 Å². The molecule has 110 valence electrons. The van der Waals surface area contributed by atoms with Gasteiger partial charge >= 0.3 is 5.82 Å². The minimum atomic E-state index is -0.697. The molecule has 0 unspecified atom stereocenters. The first-order valence-electron chi connectivity index (χ1n) is 6.86. The van der Waals surface area contributed by atoms with Crippen LogP contribution in [0.1, 0.15) is 39.5 Å². The second-order valence-electron chi connectivity index (χ2n) is 6.40. The predicted molar refractivity (Wildman–Crippen MR) is 76.6 cm³/mol. The van der Waals surface area contributed by atoms with Crippen molar-refractivity contribution in [2.45, 2.75) is 45.1 Å². The van der Waals surface area contributed by atoms with Gasteiger partial charge in [-0.2, -0.15) is 0 Å². The van der Waals surface area contributed by atoms with E-state index in [0.717, 1.165) is 25.7 Å². The zero-order valence-electron chi connectivity index (χ0n) is 11.9. The summed E-state index contributed by atoms with van der Waals surface area (Å²) in [6, 6.07) is 2.97. The van der Waals surface area contributed by atoms with Crippen molar-refractivity contribution in [2.24, 2.45) is 5.41 Å². The zero-order chi connectivity index (χ0) is 14.8. The lowest BCUT2D eigenvalue weighted by atomic mass is 9.71. The van der Waals surface area contributed by atoms with Crippen molar-refractivity contribution in [1.29, 1.82) is 0 Å². The Hall–Kier alpha value is -1.69. The molecule has 6 nitrogen and oxygen atoms in total. The molecule has 0 amide bonds. The fourth-order valence-corrected chi connectivity index (χ4v) is 2.43. The fourth-order valence-electron chi connectivity index (χ4n) is 2.43. The minimum absolute atomic E-state index is 0.173. The van der Waals surface area contributed by atoms with Crippen molar-refractivity contribution in [3.63, 3.8) is 0 Å². The van der Waals surface area contributed by atoms with Crippen molar-refractivity contribution in [1.82, 2.24) is 4.98 Å². The molecule has 0 aliphatic heterocycles. The van der Waals surface area contributed by atoms with E-state index < -0.39 is 10.5 Å². The number of aromatic nitrogens is 1. The summed E-state index contributed by atoms with van der Waals surface area (Å²) in [4.78, 5) is 13.7. The number of hydrogen-bond acceptors (Lipinski definition) is 5. The van der Waals surface area contributed by atoms with Gasteiger partial charge in [0, 0.05) is 12.6 Å². The SMILES string of the molecule is CC1(C)CCC(O)(CNc2ccc([N+](=O)[O-])nc2)CC1. The Labute approximate surface area is 118 Å². The van der Waals surface area contributed by atoms with Crippen molar-refractivity contribution in [2.75, 3.05) is 11.9 Å². The fraction of sp³-hybridized carbons (Fsp3) is 0.643. The molecule has 1 aliphatic rings. The van der Waals surface area contributed by atoms with E-state index >= 15 is 0 Å². The molecule has 1 fully saturated rings. The monoisotopic (exact) mass is 279 g/mol. The second-order valence-corrected chi connectivity index (χ2v) is 6.40. The Bertz CT molecular complexity index is 475. The molecule has 0 bridgehead atoms. The quantitative estimate of drug-likeness (QED) is 0.653. The molecule has 1 heterocycles. The summed E-state index contributed by atoms with van der Waals surface area (Å²) in [5, 5.41) is 24.1. The smallest absolute Gasteiger partial charge is 0.363 e. The molecule has 1 aromatic heterocycles. The molecule has 0 atom stereocenters. The van der Waals surface area contributed by atoms with Crippen LogP contribution in [0.2, 0.25) is 0 Å². The van der Waals surface area contributed by atoms with E-state index in [2.05, 4.69) is 24.1 Å². The number of nitrogens with zero attached hydrogens (tertiary/aromatic N) is 2. The van der Waals surface area contributed by atoms with Gasteiger partial charge in [0.15, 0.2) is 6.20 Å². The van der Waals surface area contributed by atoms with E-state index in [4.69, 9.17) is 0 Å². The molecule has 1 saturated carbocycles. The normalized spacial score (nSPS) is 20.4. The summed E-state index contributed by atoms with van der Waals surface area (Å²) in [5.41, 5.74) is 0.298. The first-order chi connectivity index (χ1) is 9.30. The predicted octanol–water partition coefficient (Wildman–Crippen LogP) is 2.73. The molecule has 20 heavy (non-hydrogen) atoms. The van der Waals surface area contributed by atoms with Crippen molar-refractivity contribution in [3.8, 4) is 0 Å². The maximum Gasteiger partial charge on any atom is 0.363 e. The average molecular weight is 279 g/mol. The Kier molecular flexibility index (Phi) is 3.94. The molecule has 1 aliphatic carbocycles. The standard InChI is InChI=1S/C14H21N3O3/c1-13(2)5-7-14(18,8-6-13)10-16-11-3-4-12(15-9-11)17(19)20/h3-4,9,16,18H,5-8,10H2,1-2H3. The highest BCUT2D eigenvalue weighted by Crippen LogP contribution is 2.40.